The maximum absolute atomic E-state index is 12.0. The maximum atomic E-state index is 12.0. The molecule has 5 nitrogen and oxygen atoms in total. The second-order valence-electron chi connectivity index (χ2n) is 6.11. The van der Waals surface area contributed by atoms with Crippen molar-refractivity contribution in [1.82, 2.24) is 10.2 Å². The summed E-state index contributed by atoms with van der Waals surface area (Å²) in [5.41, 5.74) is -0.428. The summed E-state index contributed by atoms with van der Waals surface area (Å²) in [5, 5.41) is 3.19. The average Bonchev–Trinajstić information content (AvgIpc) is 2.22. The third kappa shape index (κ3) is 3.85. The fraction of sp³-hybridized carbons (Fsp3) is 0.923. The van der Waals surface area contributed by atoms with E-state index in [4.69, 9.17) is 9.47 Å². The Morgan fingerprint density at radius 1 is 1.28 bits per heavy atom. The van der Waals surface area contributed by atoms with Gasteiger partial charge in [-0.15, -0.1) is 0 Å². The molecule has 0 saturated carbocycles. The summed E-state index contributed by atoms with van der Waals surface area (Å²) < 4.78 is 11.3. The maximum Gasteiger partial charge on any atom is 0.410 e. The lowest BCUT2D eigenvalue weighted by Crippen LogP contribution is -2.53. The summed E-state index contributed by atoms with van der Waals surface area (Å²) in [5.74, 6) is 0. The number of likely N-dealkylation sites (tertiary alicyclic amines) is 1. The van der Waals surface area contributed by atoms with Gasteiger partial charge < -0.3 is 19.7 Å². The molecule has 2 aliphatic heterocycles. The van der Waals surface area contributed by atoms with Crippen LogP contribution in [0.5, 0.6) is 0 Å². The molecule has 2 aliphatic rings. The summed E-state index contributed by atoms with van der Waals surface area (Å²) in [7, 11) is 0. The number of carbonyl (C=O) groups excluding carboxylic acids is 1. The first-order valence-corrected chi connectivity index (χ1v) is 6.78. The van der Waals surface area contributed by atoms with Crippen molar-refractivity contribution in [1.29, 1.82) is 0 Å². The first-order valence-electron chi connectivity index (χ1n) is 6.78. The number of nitrogens with zero attached hydrogens (tertiary/aromatic N) is 1. The molecule has 0 bridgehead atoms. The molecular weight excluding hydrogens is 232 g/mol. The smallest absolute Gasteiger partial charge is 0.410 e. The van der Waals surface area contributed by atoms with Crippen LogP contribution >= 0.6 is 0 Å². The topological polar surface area (TPSA) is 50.8 Å². The van der Waals surface area contributed by atoms with Crippen molar-refractivity contribution in [2.24, 2.45) is 0 Å². The van der Waals surface area contributed by atoms with Crippen molar-refractivity contribution < 1.29 is 14.3 Å². The lowest BCUT2D eigenvalue weighted by molar-refractivity contribution is -0.0690. The van der Waals surface area contributed by atoms with Crippen LogP contribution in [0, 0.1) is 0 Å². The molecule has 1 amide bonds. The highest BCUT2D eigenvalue weighted by atomic mass is 16.6. The quantitative estimate of drug-likeness (QED) is 0.811. The molecule has 2 heterocycles. The number of hydrogen-bond donors (Lipinski definition) is 1. The number of rotatable bonds is 2. The molecule has 0 spiro atoms. The van der Waals surface area contributed by atoms with Crippen molar-refractivity contribution in [2.75, 3.05) is 26.2 Å². The molecule has 0 radical (unpaired) electrons. The largest absolute Gasteiger partial charge is 0.444 e. The standard InChI is InChI=1S/C13H24N2O3/c1-13(2,3)18-12(16)15-6-4-5-10(9-15)17-11-7-14-8-11/h10-11,14H,4-9H2,1-3H3. The minimum atomic E-state index is -0.428. The third-order valence-electron chi connectivity index (χ3n) is 3.16. The van der Waals surface area contributed by atoms with Gasteiger partial charge in [-0.25, -0.2) is 4.79 Å². The van der Waals surface area contributed by atoms with E-state index in [1.807, 2.05) is 20.8 Å². The van der Waals surface area contributed by atoms with E-state index in [1.54, 1.807) is 4.90 Å². The molecule has 0 aromatic carbocycles. The molecule has 2 saturated heterocycles. The highest BCUT2D eigenvalue weighted by Crippen LogP contribution is 2.18. The molecule has 1 N–H and O–H groups in total. The Labute approximate surface area is 109 Å². The SMILES string of the molecule is CC(C)(C)OC(=O)N1CCCC(OC2CNC2)C1. The van der Waals surface area contributed by atoms with E-state index < -0.39 is 5.60 Å². The minimum absolute atomic E-state index is 0.165. The number of piperidine rings is 1. The molecule has 0 aromatic heterocycles. The third-order valence-corrected chi connectivity index (χ3v) is 3.16. The molecule has 104 valence electrons. The zero-order chi connectivity index (χ0) is 13.2. The van der Waals surface area contributed by atoms with Crippen LogP contribution in [0.2, 0.25) is 0 Å². The molecule has 1 atom stereocenters. The van der Waals surface area contributed by atoms with E-state index in [9.17, 15) is 4.79 Å². The van der Waals surface area contributed by atoms with E-state index in [-0.39, 0.29) is 12.2 Å². The van der Waals surface area contributed by atoms with Gasteiger partial charge in [0, 0.05) is 19.6 Å². The summed E-state index contributed by atoms with van der Waals surface area (Å²) in [6.45, 7) is 8.98. The molecule has 0 aliphatic carbocycles. The van der Waals surface area contributed by atoms with E-state index in [0.29, 0.717) is 12.6 Å². The Morgan fingerprint density at radius 2 is 2.00 bits per heavy atom. The van der Waals surface area contributed by atoms with Gasteiger partial charge in [0.1, 0.15) is 5.60 Å². The summed E-state index contributed by atoms with van der Waals surface area (Å²) >= 11 is 0. The Balaban J connectivity index is 1.80. The molecule has 2 fully saturated rings. The number of hydrogen-bond acceptors (Lipinski definition) is 4. The van der Waals surface area contributed by atoms with Gasteiger partial charge in [-0.05, 0) is 33.6 Å². The van der Waals surface area contributed by atoms with Crippen LogP contribution in [0.3, 0.4) is 0 Å². The monoisotopic (exact) mass is 256 g/mol. The van der Waals surface area contributed by atoms with Crippen LogP contribution in [0.15, 0.2) is 0 Å². The summed E-state index contributed by atoms with van der Waals surface area (Å²) in [4.78, 5) is 13.7. The van der Waals surface area contributed by atoms with Crippen LogP contribution < -0.4 is 5.32 Å². The predicted octanol–water partition coefficient (Wildman–Crippen LogP) is 1.37. The number of ether oxygens (including phenoxy) is 2. The highest BCUT2D eigenvalue weighted by Gasteiger charge is 2.30. The predicted molar refractivity (Wildman–Crippen MR) is 68.6 cm³/mol. The summed E-state index contributed by atoms with van der Waals surface area (Å²) in [6.07, 6.45) is 2.30. The lowest BCUT2D eigenvalue weighted by atomic mass is 10.1. The number of carbonyl (C=O) groups is 1. The first kappa shape index (κ1) is 13.6. The highest BCUT2D eigenvalue weighted by molar-refractivity contribution is 5.68. The Kier molecular flexibility index (Phi) is 4.12. The first-order chi connectivity index (χ1) is 8.44. The number of nitrogens with one attached hydrogen (secondary N) is 1. The minimum Gasteiger partial charge on any atom is -0.444 e. The number of amides is 1. The Bertz CT molecular complexity index is 297. The molecule has 18 heavy (non-hydrogen) atoms. The van der Waals surface area contributed by atoms with Gasteiger partial charge >= 0.3 is 6.09 Å². The molecular formula is C13H24N2O3. The van der Waals surface area contributed by atoms with E-state index in [1.165, 1.54) is 0 Å². The van der Waals surface area contributed by atoms with E-state index in [0.717, 1.165) is 32.5 Å². The van der Waals surface area contributed by atoms with Crippen molar-refractivity contribution in [3.63, 3.8) is 0 Å². The van der Waals surface area contributed by atoms with Gasteiger partial charge in [-0.2, -0.15) is 0 Å². The van der Waals surface area contributed by atoms with Crippen LogP contribution in [-0.4, -0.2) is 55.0 Å². The van der Waals surface area contributed by atoms with Crippen molar-refractivity contribution in [3.05, 3.63) is 0 Å². The zero-order valence-corrected chi connectivity index (χ0v) is 11.6. The van der Waals surface area contributed by atoms with Gasteiger partial charge in [0.05, 0.1) is 18.8 Å². The second kappa shape index (κ2) is 5.45. The van der Waals surface area contributed by atoms with Gasteiger partial charge in [-0.1, -0.05) is 0 Å². The van der Waals surface area contributed by atoms with Gasteiger partial charge in [-0.3, -0.25) is 0 Å². The van der Waals surface area contributed by atoms with Crippen LogP contribution in [-0.2, 0) is 9.47 Å². The summed E-state index contributed by atoms with van der Waals surface area (Å²) in [6, 6.07) is 0. The van der Waals surface area contributed by atoms with Crippen LogP contribution in [0.4, 0.5) is 4.79 Å². The van der Waals surface area contributed by atoms with Crippen LogP contribution in [0.1, 0.15) is 33.6 Å². The van der Waals surface area contributed by atoms with Gasteiger partial charge in [0.15, 0.2) is 0 Å². The lowest BCUT2D eigenvalue weighted by Gasteiger charge is -2.37. The zero-order valence-electron chi connectivity index (χ0n) is 11.6. The molecule has 5 heteroatoms. The normalized spacial score (nSPS) is 25.7. The average molecular weight is 256 g/mol. The van der Waals surface area contributed by atoms with Crippen molar-refractivity contribution >= 4 is 6.09 Å². The molecule has 1 unspecified atom stereocenters. The second-order valence-corrected chi connectivity index (χ2v) is 6.11. The fourth-order valence-electron chi connectivity index (χ4n) is 2.17. The van der Waals surface area contributed by atoms with Crippen LogP contribution in [0.25, 0.3) is 0 Å². The molecule has 0 aromatic rings. The van der Waals surface area contributed by atoms with E-state index in [2.05, 4.69) is 5.32 Å². The van der Waals surface area contributed by atoms with Gasteiger partial charge in [0.25, 0.3) is 0 Å². The Hall–Kier alpha value is -0.810. The molecule has 2 rings (SSSR count). The Morgan fingerprint density at radius 3 is 2.56 bits per heavy atom. The van der Waals surface area contributed by atoms with E-state index >= 15 is 0 Å². The van der Waals surface area contributed by atoms with Crippen molar-refractivity contribution in [2.45, 2.75) is 51.4 Å². The fourth-order valence-corrected chi connectivity index (χ4v) is 2.17. The van der Waals surface area contributed by atoms with Crippen molar-refractivity contribution in [3.8, 4) is 0 Å². The van der Waals surface area contributed by atoms with Gasteiger partial charge in [0.2, 0.25) is 0 Å².